The summed E-state index contributed by atoms with van der Waals surface area (Å²) >= 11 is 0. The highest BCUT2D eigenvalue weighted by Gasteiger charge is 2.30. The lowest BCUT2D eigenvalue weighted by Gasteiger charge is -2.12. The molecular formula is C21H26N4O3. The van der Waals surface area contributed by atoms with E-state index in [0.29, 0.717) is 25.1 Å². The number of aromatic nitrogens is 2. The van der Waals surface area contributed by atoms with Crippen molar-refractivity contribution in [3.8, 4) is 11.4 Å². The Labute approximate surface area is 164 Å². The number of amides is 2. The van der Waals surface area contributed by atoms with E-state index in [1.54, 1.807) is 0 Å². The largest absolute Gasteiger partial charge is 0.367 e. The summed E-state index contributed by atoms with van der Waals surface area (Å²) < 4.78 is 7.80. The van der Waals surface area contributed by atoms with Crippen LogP contribution in [0.25, 0.3) is 11.4 Å². The van der Waals surface area contributed by atoms with Gasteiger partial charge in [0.1, 0.15) is 17.6 Å². The second kappa shape index (κ2) is 8.14. The molecule has 4 rings (SSSR count). The monoisotopic (exact) mass is 382 g/mol. The first-order valence-corrected chi connectivity index (χ1v) is 10.0. The second-order valence-electron chi connectivity index (χ2n) is 7.50. The van der Waals surface area contributed by atoms with Gasteiger partial charge >= 0.3 is 0 Å². The Bertz CT molecular complexity index is 862. The van der Waals surface area contributed by atoms with Crippen LogP contribution in [0.1, 0.15) is 48.3 Å². The van der Waals surface area contributed by atoms with E-state index >= 15 is 0 Å². The highest BCUT2D eigenvalue weighted by atomic mass is 16.5. The van der Waals surface area contributed by atoms with Crippen molar-refractivity contribution in [2.24, 2.45) is 5.73 Å². The molecule has 2 aliphatic heterocycles. The molecule has 1 aromatic heterocycles. The number of nitrogens with one attached hydrogen (secondary N) is 1. The number of hydrogen-bond acceptors (Lipinski definition) is 4. The molecule has 7 heteroatoms. The molecule has 2 aliphatic rings. The minimum Gasteiger partial charge on any atom is -0.367 e. The Balaban J connectivity index is 1.53. The van der Waals surface area contributed by atoms with Gasteiger partial charge in [-0.3, -0.25) is 9.59 Å². The maximum Gasteiger partial charge on any atom is 0.271 e. The van der Waals surface area contributed by atoms with Crippen molar-refractivity contribution in [3.05, 3.63) is 41.7 Å². The lowest BCUT2D eigenvalue weighted by Crippen LogP contribution is -2.35. The number of hydrogen-bond donors (Lipinski definition) is 2. The van der Waals surface area contributed by atoms with Gasteiger partial charge in [-0.1, -0.05) is 36.8 Å². The standard InChI is InChI=1S/C21H26N4O3/c22-19(26)17-11-10-15(28-17)13-23-21(27)18-16-9-5-2-6-12-25(16)20(24-18)14-7-3-1-4-8-14/h1,3-4,7-8,15,17H,2,5-6,9-13H2,(H2,22,26)(H,23,27)/t15-,17+/m1/s1. The number of carbonyl (C=O) groups is 2. The fourth-order valence-electron chi connectivity index (χ4n) is 4.06. The number of rotatable bonds is 5. The van der Waals surface area contributed by atoms with Gasteiger partial charge in [-0.2, -0.15) is 0 Å². The Kier molecular flexibility index (Phi) is 5.43. The molecule has 1 saturated heterocycles. The zero-order chi connectivity index (χ0) is 19.5. The molecule has 3 N–H and O–H groups in total. The van der Waals surface area contributed by atoms with Crippen molar-refractivity contribution < 1.29 is 14.3 Å². The van der Waals surface area contributed by atoms with Crippen molar-refractivity contribution in [1.82, 2.24) is 14.9 Å². The predicted molar refractivity (Wildman–Crippen MR) is 105 cm³/mol. The van der Waals surface area contributed by atoms with Crippen molar-refractivity contribution in [3.63, 3.8) is 0 Å². The predicted octanol–water partition coefficient (Wildman–Crippen LogP) is 2.04. The van der Waals surface area contributed by atoms with E-state index in [9.17, 15) is 9.59 Å². The van der Waals surface area contributed by atoms with Crippen molar-refractivity contribution in [2.75, 3.05) is 6.54 Å². The Morgan fingerprint density at radius 2 is 2.00 bits per heavy atom. The SMILES string of the molecule is NC(=O)[C@@H]1CC[C@H](CNC(=O)c2nc(-c3ccccc3)n3c2CCCCC3)O1. The van der Waals surface area contributed by atoms with E-state index in [-0.39, 0.29) is 12.0 Å². The van der Waals surface area contributed by atoms with Crippen LogP contribution in [0.4, 0.5) is 0 Å². The van der Waals surface area contributed by atoms with Crippen molar-refractivity contribution in [2.45, 2.75) is 57.3 Å². The molecule has 148 valence electrons. The highest BCUT2D eigenvalue weighted by Crippen LogP contribution is 2.27. The van der Waals surface area contributed by atoms with Gasteiger partial charge in [-0.25, -0.2) is 4.98 Å². The average Bonchev–Trinajstić information content (AvgIpc) is 3.25. The molecule has 1 fully saturated rings. The van der Waals surface area contributed by atoms with Crippen LogP contribution in [0.15, 0.2) is 30.3 Å². The van der Waals surface area contributed by atoms with Gasteiger partial charge in [0.25, 0.3) is 5.91 Å². The molecule has 2 aromatic rings. The van der Waals surface area contributed by atoms with Gasteiger partial charge < -0.3 is 20.4 Å². The smallest absolute Gasteiger partial charge is 0.271 e. The molecular weight excluding hydrogens is 356 g/mol. The minimum absolute atomic E-state index is 0.182. The molecule has 2 amide bonds. The summed E-state index contributed by atoms with van der Waals surface area (Å²) in [5.74, 6) is 0.230. The third-order valence-electron chi connectivity index (χ3n) is 5.53. The number of imidazole rings is 1. The average molecular weight is 382 g/mol. The van der Waals surface area contributed by atoms with Gasteiger partial charge in [0, 0.05) is 18.7 Å². The first kappa shape index (κ1) is 18.7. The summed E-state index contributed by atoms with van der Waals surface area (Å²) in [7, 11) is 0. The van der Waals surface area contributed by atoms with Crippen molar-refractivity contribution in [1.29, 1.82) is 0 Å². The zero-order valence-electron chi connectivity index (χ0n) is 15.9. The second-order valence-corrected chi connectivity index (χ2v) is 7.50. The maximum atomic E-state index is 12.9. The topological polar surface area (TPSA) is 99.2 Å². The van der Waals surface area contributed by atoms with Crippen LogP contribution in [-0.4, -0.2) is 40.1 Å². The Morgan fingerprint density at radius 1 is 1.18 bits per heavy atom. The summed E-state index contributed by atoms with van der Waals surface area (Å²) in [6.45, 7) is 1.24. The zero-order valence-corrected chi connectivity index (χ0v) is 15.9. The summed E-state index contributed by atoms with van der Waals surface area (Å²) in [5, 5.41) is 2.94. The minimum atomic E-state index is -0.546. The lowest BCUT2D eigenvalue weighted by atomic mass is 10.1. The first-order chi connectivity index (χ1) is 13.6. The van der Waals surface area contributed by atoms with Crippen molar-refractivity contribution >= 4 is 11.8 Å². The van der Waals surface area contributed by atoms with Gasteiger partial charge in [-0.05, 0) is 32.1 Å². The highest BCUT2D eigenvalue weighted by molar-refractivity contribution is 5.94. The number of carbonyl (C=O) groups excluding carboxylic acids is 2. The summed E-state index contributed by atoms with van der Waals surface area (Å²) in [6.07, 6.45) is 4.75. The van der Waals surface area contributed by atoms with E-state index in [1.165, 1.54) is 0 Å². The third kappa shape index (κ3) is 3.80. The van der Waals surface area contributed by atoms with Crippen LogP contribution >= 0.6 is 0 Å². The van der Waals surface area contributed by atoms with E-state index in [2.05, 4.69) is 9.88 Å². The number of ether oxygens (including phenoxy) is 1. The molecule has 7 nitrogen and oxygen atoms in total. The van der Waals surface area contributed by atoms with Crippen LogP contribution < -0.4 is 11.1 Å². The van der Waals surface area contributed by atoms with Crippen LogP contribution in [0, 0.1) is 0 Å². The van der Waals surface area contributed by atoms with Gasteiger partial charge in [0.05, 0.1) is 11.8 Å². The number of nitrogens with two attached hydrogens (primary N) is 1. The molecule has 0 aliphatic carbocycles. The first-order valence-electron chi connectivity index (χ1n) is 10.0. The molecule has 0 unspecified atom stereocenters. The number of benzene rings is 1. The van der Waals surface area contributed by atoms with E-state index in [0.717, 1.165) is 49.3 Å². The molecule has 0 bridgehead atoms. The molecule has 1 aromatic carbocycles. The molecule has 3 heterocycles. The fourth-order valence-corrected chi connectivity index (χ4v) is 4.06. The van der Waals surface area contributed by atoms with Crippen LogP contribution in [0.2, 0.25) is 0 Å². The number of nitrogens with zero attached hydrogens (tertiary/aromatic N) is 2. The number of primary amides is 1. The van der Waals surface area contributed by atoms with E-state index in [1.807, 2.05) is 30.3 Å². The molecule has 28 heavy (non-hydrogen) atoms. The quantitative estimate of drug-likeness (QED) is 0.826. The van der Waals surface area contributed by atoms with Gasteiger partial charge in [0.15, 0.2) is 0 Å². The molecule has 0 saturated carbocycles. The molecule has 2 atom stereocenters. The molecule has 0 spiro atoms. The van der Waals surface area contributed by atoms with Crippen LogP contribution in [-0.2, 0) is 22.5 Å². The summed E-state index contributed by atoms with van der Waals surface area (Å²) in [5.41, 5.74) is 7.83. The van der Waals surface area contributed by atoms with Gasteiger partial charge in [-0.15, -0.1) is 0 Å². The van der Waals surface area contributed by atoms with E-state index in [4.69, 9.17) is 15.5 Å². The Hall–Kier alpha value is -2.67. The normalized spacial score (nSPS) is 21.7. The summed E-state index contributed by atoms with van der Waals surface area (Å²) in [6, 6.07) is 10.0. The molecule has 0 radical (unpaired) electrons. The van der Waals surface area contributed by atoms with E-state index < -0.39 is 12.0 Å². The lowest BCUT2D eigenvalue weighted by molar-refractivity contribution is -0.128. The Morgan fingerprint density at radius 3 is 2.75 bits per heavy atom. The summed E-state index contributed by atoms with van der Waals surface area (Å²) in [4.78, 5) is 28.9. The number of fused-ring (bicyclic) bond motifs is 1. The van der Waals surface area contributed by atoms with Crippen LogP contribution in [0.3, 0.4) is 0 Å². The fraction of sp³-hybridized carbons (Fsp3) is 0.476. The van der Waals surface area contributed by atoms with Crippen LogP contribution in [0.5, 0.6) is 0 Å². The van der Waals surface area contributed by atoms with Gasteiger partial charge in [0.2, 0.25) is 5.91 Å². The maximum absolute atomic E-state index is 12.9. The third-order valence-corrected chi connectivity index (χ3v) is 5.53.